The Labute approximate surface area is 149 Å². The van der Waals surface area contributed by atoms with E-state index in [-0.39, 0.29) is 6.04 Å². The maximum absolute atomic E-state index is 11.7. The van der Waals surface area contributed by atoms with E-state index in [4.69, 9.17) is 16.9 Å². The Morgan fingerprint density at radius 1 is 1.20 bits per heavy atom. The average Bonchev–Trinajstić information content (AvgIpc) is 3.11. The molecule has 1 unspecified atom stereocenters. The Hall–Kier alpha value is -2.93. The van der Waals surface area contributed by atoms with Gasteiger partial charge in [0, 0.05) is 11.3 Å². The van der Waals surface area contributed by atoms with Crippen molar-refractivity contribution in [3.05, 3.63) is 53.6 Å². The summed E-state index contributed by atoms with van der Waals surface area (Å²) < 4.78 is 5.20. The molecule has 0 bridgehead atoms. The zero-order valence-electron chi connectivity index (χ0n) is 15.1. The van der Waals surface area contributed by atoms with Crippen LogP contribution in [-0.4, -0.2) is 11.7 Å². The standard InChI is InChI=1S/C15H20N2O2.C6H4/c1-6-11-9-12(16)7-8-13(11)10(2)17-14(18)19-15(3,4)5;1-2-5-4-6(5)3-1/h1,7-10H,16H2,2-5H3,(H,17,18);1-4H. The van der Waals surface area contributed by atoms with Crippen LogP contribution >= 0.6 is 0 Å². The van der Waals surface area contributed by atoms with E-state index >= 15 is 0 Å². The Morgan fingerprint density at radius 3 is 2.28 bits per heavy atom. The minimum Gasteiger partial charge on any atom is -0.444 e. The predicted molar refractivity (Wildman–Crippen MR) is 102 cm³/mol. The highest BCUT2D eigenvalue weighted by Gasteiger charge is 2.19. The molecule has 1 atom stereocenters. The molecule has 1 aromatic carbocycles. The second-order valence-electron chi connectivity index (χ2n) is 6.94. The van der Waals surface area contributed by atoms with Crippen molar-refractivity contribution < 1.29 is 9.53 Å². The van der Waals surface area contributed by atoms with Crippen molar-refractivity contribution in [1.29, 1.82) is 0 Å². The second kappa shape index (κ2) is 7.31. The first-order valence-electron chi connectivity index (χ1n) is 8.15. The highest BCUT2D eigenvalue weighted by molar-refractivity contribution is 5.80. The number of nitrogens with one attached hydrogen (secondary N) is 1. The predicted octanol–water partition coefficient (Wildman–Crippen LogP) is 4.50. The molecule has 4 heteroatoms. The number of terminal acetylenes is 1. The van der Waals surface area contributed by atoms with E-state index in [2.05, 4.69) is 35.5 Å². The molecule has 3 N–H and O–H groups in total. The highest BCUT2D eigenvalue weighted by atomic mass is 16.6. The van der Waals surface area contributed by atoms with Gasteiger partial charge in [-0.15, -0.1) is 6.42 Å². The summed E-state index contributed by atoms with van der Waals surface area (Å²) in [7, 11) is 0. The van der Waals surface area contributed by atoms with Crippen LogP contribution in [0.3, 0.4) is 0 Å². The molecule has 130 valence electrons. The van der Waals surface area contributed by atoms with E-state index in [9.17, 15) is 4.79 Å². The molecule has 1 amide bonds. The Kier molecular flexibility index (Phi) is 5.38. The smallest absolute Gasteiger partial charge is 0.408 e. The first-order valence-corrected chi connectivity index (χ1v) is 8.15. The van der Waals surface area contributed by atoms with Gasteiger partial charge in [-0.25, -0.2) is 4.79 Å². The number of benzene rings is 2. The summed E-state index contributed by atoms with van der Waals surface area (Å²) in [6, 6.07) is 13.5. The highest BCUT2D eigenvalue weighted by Crippen LogP contribution is 2.32. The molecule has 0 spiro atoms. The molecule has 25 heavy (non-hydrogen) atoms. The topological polar surface area (TPSA) is 64.3 Å². The van der Waals surface area contributed by atoms with Crippen molar-refractivity contribution in [3.63, 3.8) is 0 Å². The van der Waals surface area contributed by atoms with Crippen LogP contribution in [0.25, 0.3) is 11.1 Å². The summed E-state index contributed by atoms with van der Waals surface area (Å²) in [5.74, 6) is 2.57. The third kappa shape index (κ3) is 5.58. The van der Waals surface area contributed by atoms with Gasteiger partial charge in [0.1, 0.15) is 5.60 Å². The van der Waals surface area contributed by atoms with Crippen LogP contribution in [0.1, 0.15) is 44.9 Å². The summed E-state index contributed by atoms with van der Waals surface area (Å²) in [4.78, 5) is 11.7. The van der Waals surface area contributed by atoms with Gasteiger partial charge in [0.05, 0.1) is 6.04 Å². The molecule has 0 heterocycles. The van der Waals surface area contributed by atoms with Crippen molar-refractivity contribution >= 4 is 11.8 Å². The van der Waals surface area contributed by atoms with Gasteiger partial charge in [-0.1, -0.05) is 30.2 Å². The fraction of sp³-hybridized carbons (Fsp3) is 0.286. The molecule has 2 aliphatic rings. The summed E-state index contributed by atoms with van der Waals surface area (Å²) >= 11 is 0. The van der Waals surface area contributed by atoms with E-state index in [0.717, 1.165) is 5.56 Å². The van der Waals surface area contributed by atoms with Gasteiger partial charge in [-0.3, -0.25) is 0 Å². The maximum atomic E-state index is 11.7. The second-order valence-corrected chi connectivity index (χ2v) is 6.94. The van der Waals surface area contributed by atoms with E-state index in [0.29, 0.717) is 11.3 Å². The minimum absolute atomic E-state index is 0.249. The third-order valence-corrected chi connectivity index (χ3v) is 3.55. The van der Waals surface area contributed by atoms with Crippen molar-refractivity contribution in [1.82, 2.24) is 5.32 Å². The number of carbonyl (C=O) groups excluding carboxylic acids is 1. The van der Waals surface area contributed by atoms with E-state index < -0.39 is 11.7 Å². The van der Waals surface area contributed by atoms with Crippen LogP contribution in [0.5, 0.6) is 0 Å². The van der Waals surface area contributed by atoms with E-state index in [1.54, 1.807) is 12.1 Å². The molecule has 2 aliphatic carbocycles. The van der Waals surface area contributed by atoms with Gasteiger partial charge in [-0.2, -0.15) is 0 Å². The summed E-state index contributed by atoms with van der Waals surface area (Å²) in [6.07, 6.45) is 4.97. The van der Waals surface area contributed by atoms with Crippen LogP contribution in [0.2, 0.25) is 0 Å². The number of nitrogen functional groups attached to an aromatic ring is 1. The monoisotopic (exact) mass is 336 g/mol. The summed E-state index contributed by atoms with van der Waals surface area (Å²) in [6.45, 7) is 7.28. The zero-order valence-corrected chi connectivity index (χ0v) is 15.1. The third-order valence-electron chi connectivity index (χ3n) is 3.55. The lowest BCUT2D eigenvalue weighted by molar-refractivity contribution is 0.0508. The molecule has 0 fully saturated rings. The Morgan fingerprint density at radius 2 is 1.84 bits per heavy atom. The Bertz CT molecular complexity index is 796. The van der Waals surface area contributed by atoms with Crippen LogP contribution in [0.4, 0.5) is 10.5 Å². The number of rotatable bonds is 2. The number of nitrogens with two attached hydrogens (primary N) is 1. The number of ether oxygens (including phenoxy) is 1. The fourth-order valence-corrected chi connectivity index (χ4v) is 2.31. The molecule has 0 aliphatic heterocycles. The molecule has 4 nitrogen and oxygen atoms in total. The van der Waals surface area contributed by atoms with Crippen LogP contribution in [0, 0.1) is 12.3 Å². The number of hydrogen-bond donors (Lipinski definition) is 2. The number of anilines is 1. The lowest BCUT2D eigenvalue weighted by Gasteiger charge is -2.22. The van der Waals surface area contributed by atoms with Gasteiger partial charge < -0.3 is 15.8 Å². The van der Waals surface area contributed by atoms with Crippen LogP contribution in [0.15, 0.2) is 42.5 Å². The average molecular weight is 336 g/mol. The quantitative estimate of drug-likeness (QED) is 0.535. The number of alkyl carbamates (subject to hydrolysis) is 1. The number of carbonyl (C=O) groups is 1. The van der Waals surface area contributed by atoms with E-state index in [1.165, 1.54) is 11.1 Å². The lowest BCUT2D eigenvalue weighted by Crippen LogP contribution is -2.34. The number of hydrogen-bond acceptors (Lipinski definition) is 3. The van der Waals surface area contributed by atoms with Gasteiger partial charge >= 0.3 is 6.09 Å². The molecule has 3 rings (SSSR count). The first kappa shape index (κ1) is 18.4. The van der Waals surface area contributed by atoms with E-state index in [1.807, 2.05) is 33.8 Å². The Balaban J connectivity index is 0.000000306. The maximum Gasteiger partial charge on any atom is 0.408 e. The molecular weight excluding hydrogens is 312 g/mol. The SMILES string of the molecule is C#Cc1cc(N)ccc1C(C)NC(=O)OC(C)(C)C.c1cc2cc-2c1. The molecule has 0 radical (unpaired) electrons. The molecule has 1 aromatic rings. The normalized spacial score (nSPS) is 12.1. The number of amides is 1. The van der Waals surface area contributed by atoms with Gasteiger partial charge in [0.25, 0.3) is 0 Å². The van der Waals surface area contributed by atoms with Crippen molar-refractivity contribution in [2.24, 2.45) is 0 Å². The summed E-state index contributed by atoms with van der Waals surface area (Å²) in [5, 5.41) is 2.75. The van der Waals surface area contributed by atoms with Crippen molar-refractivity contribution in [2.45, 2.75) is 39.3 Å². The lowest BCUT2D eigenvalue weighted by atomic mass is 10.0. The number of fused-ring (bicyclic) bond motifs is 1. The molecular formula is C21H24N2O2. The van der Waals surface area contributed by atoms with Crippen molar-refractivity contribution in [2.75, 3.05) is 5.73 Å². The fourth-order valence-electron chi connectivity index (χ4n) is 2.31. The van der Waals surface area contributed by atoms with Crippen LogP contribution in [-0.2, 0) is 4.74 Å². The molecule has 0 saturated carbocycles. The van der Waals surface area contributed by atoms with Crippen LogP contribution < -0.4 is 11.1 Å². The minimum atomic E-state index is -0.528. The van der Waals surface area contributed by atoms with Gasteiger partial charge in [0.15, 0.2) is 0 Å². The van der Waals surface area contributed by atoms with Crippen molar-refractivity contribution in [3.8, 4) is 23.5 Å². The van der Waals surface area contributed by atoms with Gasteiger partial charge in [0.2, 0.25) is 0 Å². The largest absolute Gasteiger partial charge is 0.444 e. The van der Waals surface area contributed by atoms with Gasteiger partial charge in [-0.05, 0) is 62.6 Å². The zero-order chi connectivity index (χ0) is 18.6. The summed E-state index contributed by atoms with van der Waals surface area (Å²) in [5.41, 5.74) is 10.1. The molecule has 0 aromatic heterocycles. The first-order chi connectivity index (χ1) is 11.7. The molecule has 0 saturated heterocycles.